The molecule has 1 aliphatic heterocycles. The summed E-state index contributed by atoms with van der Waals surface area (Å²) in [5, 5.41) is 3.26. The molecular weight excluding hydrogens is 334 g/mol. The number of ether oxygens (including phenoxy) is 1. The molecule has 2 heterocycles. The summed E-state index contributed by atoms with van der Waals surface area (Å²) in [4.78, 5) is 40.9. The minimum absolute atomic E-state index is 0.0474. The third kappa shape index (κ3) is 3.76. The number of hydrogen-bond acceptors (Lipinski definition) is 5. The Bertz CT molecular complexity index is 904. The Hall–Kier alpha value is -2.70. The van der Waals surface area contributed by atoms with Crippen LogP contribution in [0.2, 0.25) is 0 Å². The van der Waals surface area contributed by atoms with Crippen molar-refractivity contribution in [2.75, 3.05) is 6.61 Å². The van der Waals surface area contributed by atoms with Crippen LogP contribution in [-0.4, -0.2) is 34.1 Å². The van der Waals surface area contributed by atoms with Crippen LogP contribution in [0, 0.1) is 0 Å². The van der Waals surface area contributed by atoms with Crippen molar-refractivity contribution in [2.45, 2.75) is 52.1 Å². The highest BCUT2D eigenvalue weighted by atomic mass is 16.5. The van der Waals surface area contributed by atoms with Gasteiger partial charge in [-0.3, -0.25) is 14.2 Å². The normalized spacial score (nSPS) is 14.1. The highest BCUT2D eigenvalue weighted by Crippen LogP contribution is 2.16. The van der Waals surface area contributed by atoms with E-state index >= 15 is 0 Å². The highest BCUT2D eigenvalue weighted by molar-refractivity contribution is 5.95. The largest absolute Gasteiger partial charge is 0.452 e. The predicted molar refractivity (Wildman–Crippen MR) is 97.1 cm³/mol. The van der Waals surface area contributed by atoms with E-state index in [4.69, 9.17) is 4.74 Å². The monoisotopic (exact) mass is 357 g/mol. The van der Waals surface area contributed by atoms with Gasteiger partial charge in [0, 0.05) is 19.0 Å². The second-order valence-electron chi connectivity index (χ2n) is 6.65. The number of benzene rings is 1. The third-order valence-corrected chi connectivity index (χ3v) is 4.52. The number of hydrogen-bond donors (Lipinski definition) is 1. The molecule has 0 bridgehead atoms. The van der Waals surface area contributed by atoms with Gasteiger partial charge in [0.1, 0.15) is 5.82 Å². The average Bonchev–Trinajstić information content (AvgIpc) is 3.08. The van der Waals surface area contributed by atoms with Crippen LogP contribution in [0.4, 0.5) is 0 Å². The number of rotatable bonds is 6. The number of nitrogens with zero attached hydrogens (tertiary/aromatic N) is 2. The standard InChI is InChI=1S/C19H23N3O4/c1-3-5-12(2)20-17(23)11-26-19(25)13-7-8-14-15(10-13)21-16-6-4-9-22(16)18(14)24/h7-8,10,12H,3-6,9,11H2,1-2H3,(H,20,23)/t12-/m1/s1. The van der Waals surface area contributed by atoms with Crippen molar-refractivity contribution in [1.82, 2.24) is 14.9 Å². The topological polar surface area (TPSA) is 90.3 Å². The zero-order valence-corrected chi connectivity index (χ0v) is 15.1. The zero-order chi connectivity index (χ0) is 18.7. The van der Waals surface area contributed by atoms with Gasteiger partial charge in [-0.15, -0.1) is 0 Å². The van der Waals surface area contributed by atoms with Gasteiger partial charge >= 0.3 is 5.97 Å². The fourth-order valence-corrected chi connectivity index (χ4v) is 3.25. The lowest BCUT2D eigenvalue weighted by Gasteiger charge is -2.12. The summed E-state index contributed by atoms with van der Waals surface area (Å²) in [7, 11) is 0. The summed E-state index contributed by atoms with van der Waals surface area (Å²) in [5.41, 5.74) is 0.687. The van der Waals surface area contributed by atoms with Crippen molar-refractivity contribution >= 4 is 22.8 Å². The van der Waals surface area contributed by atoms with Crippen molar-refractivity contribution < 1.29 is 14.3 Å². The molecule has 1 aromatic heterocycles. The Morgan fingerprint density at radius 2 is 2.19 bits per heavy atom. The lowest BCUT2D eigenvalue weighted by atomic mass is 10.1. The zero-order valence-electron chi connectivity index (χ0n) is 15.1. The van der Waals surface area contributed by atoms with E-state index in [1.165, 1.54) is 6.07 Å². The highest BCUT2D eigenvalue weighted by Gasteiger charge is 2.18. The van der Waals surface area contributed by atoms with Gasteiger partial charge in [0.05, 0.1) is 16.5 Å². The van der Waals surface area contributed by atoms with Crippen molar-refractivity contribution in [3.63, 3.8) is 0 Å². The lowest BCUT2D eigenvalue weighted by Crippen LogP contribution is -2.35. The first-order valence-electron chi connectivity index (χ1n) is 8.99. The molecule has 1 aromatic carbocycles. The van der Waals surface area contributed by atoms with Crippen molar-refractivity contribution in [2.24, 2.45) is 0 Å². The summed E-state index contributed by atoms with van der Waals surface area (Å²) in [6, 6.07) is 4.73. The molecule has 26 heavy (non-hydrogen) atoms. The summed E-state index contributed by atoms with van der Waals surface area (Å²) in [6.45, 7) is 4.31. The first-order valence-corrected chi connectivity index (χ1v) is 8.99. The molecule has 0 saturated heterocycles. The van der Waals surface area contributed by atoms with Gasteiger partial charge < -0.3 is 10.1 Å². The van der Waals surface area contributed by atoms with Crippen molar-refractivity contribution in [3.05, 3.63) is 39.9 Å². The Labute approximate surface area is 151 Å². The molecule has 3 rings (SSSR count). The minimum Gasteiger partial charge on any atom is -0.452 e. The van der Waals surface area contributed by atoms with E-state index in [0.29, 0.717) is 17.4 Å². The number of aryl methyl sites for hydroxylation is 1. The maximum atomic E-state index is 12.4. The molecule has 0 saturated carbocycles. The maximum Gasteiger partial charge on any atom is 0.338 e. The summed E-state index contributed by atoms with van der Waals surface area (Å²) < 4.78 is 6.76. The van der Waals surface area contributed by atoms with E-state index in [-0.39, 0.29) is 29.7 Å². The Kier molecular flexibility index (Phi) is 5.35. The summed E-state index contributed by atoms with van der Waals surface area (Å²) in [5.74, 6) is -0.181. The SMILES string of the molecule is CCC[C@@H](C)NC(=O)COC(=O)c1ccc2c(=O)n3c(nc2c1)CCC3. The number of aromatic nitrogens is 2. The first-order chi connectivity index (χ1) is 12.5. The fraction of sp³-hybridized carbons (Fsp3) is 0.474. The quantitative estimate of drug-likeness (QED) is 0.796. The van der Waals surface area contributed by atoms with E-state index in [0.717, 1.165) is 31.5 Å². The Balaban J connectivity index is 1.70. The van der Waals surface area contributed by atoms with E-state index in [1.54, 1.807) is 16.7 Å². The summed E-state index contributed by atoms with van der Waals surface area (Å²) in [6.07, 6.45) is 3.50. The molecule has 0 fully saturated rings. The van der Waals surface area contributed by atoms with Crippen LogP contribution >= 0.6 is 0 Å². The van der Waals surface area contributed by atoms with Gasteiger partial charge in [0.25, 0.3) is 11.5 Å². The van der Waals surface area contributed by atoms with Gasteiger partial charge in [-0.1, -0.05) is 13.3 Å². The van der Waals surface area contributed by atoms with E-state index in [2.05, 4.69) is 10.3 Å². The molecule has 1 aliphatic rings. The molecule has 0 aliphatic carbocycles. The molecule has 138 valence electrons. The second-order valence-corrected chi connectivity index (χ2v) is 6.65. The number of esters is 1. The van der Waals surface area contributed by atoms with Crippen LogP contribution in [-0.2, 0) is 22.5 Å². The molecule has 0 unspecified atom stereocenters. The van der Waals surface area contributed by atoms with Gasteiger partial charge in [-0.05, 0) is 38.0 Å². The van der Waals surface area contributed by atoms with E-state index in [9.17, 15) is 14.4 Å². The molecular formula is C19H23N3O4. The molecule has 7 heteroatoms. The van der Waals surface area contributed by atoms with Crippen LogP contribution in [0.15, 0.2) is 23.0 Å². The van der Waals surface area contributed by atoms with E-state index < -0.39 is 5.97 Å². The number of amides is 1. The van der Waals surface area contributed by atoms with Gasteiger partial charge in [0.15, 0.2) is 6.61 Å². The number of carbonyl (C=O) groups is 2. The number of nitrogens with one attached hydrogen (secondary N) is 1. The van der Waals surface area contributed by atoms with Crippen LogP contribution < -0.4 is 10.9 Å². The molecule has 1 N–H and O–H groups in total. The van der Waals surface area contributed by atoms with Crippen LogP contribution in [0.5, 0.6) is 0 Å². The van der Waals surface area contributed by atoms with Gasteiger partial charge in [-0.25, -0.2) is 9.78 Å². The minimum atomic E-state index is -0.604. The first kappa shape index (κ1) is 18.1. The molecule has 1 amide bonds. The Morgan fingerprint density at radius 3 is 2.96 bits per heavy atom. The smallest absolute Gasteiger partial charge is 0.338 e. The van der Waals surface area contributed by atoms with Gasteiger partial charge in [0.2, 0.25) is 0 Å². The second kappa shape index (κ2) is 7.68. The molecule has 1 atom stereocenters. The third-order valence-electron chi connectivity index (χ3n) is 4.52. The van der Waals surface area contributed by atoms with Crippen LogP contribution in [0.25, 0.3) is 10.9 Å². The summed E-state index contributed by atoms with van der Waals surface area (Å²) >= 11 is 0. The van der Waals surface area contributed by atoms with Crippen molar-refractivity contribution in [3.8, 4) is 0 Å². The Morgan fingerprint density at radius 1 is 1.38 bits per heavy atom. The maximum absolute atomic E-state index is 12.4. The average molecular weight is 357 g/mol. The molecule has 2 aromatic rings. The molecule has 0 spiro atoms. The van der Waals surface area contributed by atoms with Gasteiger partial charge in [-0.2, -0.15) is 0 Å². The van der Waals surface area contributed by atoms with Crippen molar-refractivity contribution in [1.29, 1.82) is 0 Å². The van der Waals surface area contributed by atoms with Crippen LogP contribution in [0.3, 0.4) is 0 Å². The van der Waals surface area contributed by atoms with E-state index in [1.807, 2.05) is 13.8 Å². The van der Waals surface area contributed by atoms with Crippen LogP contribution in [0.1, 0.15) is 49.3 Å². The number of carbonyl (C=O) groups excluding carboxylic acids is 2. The fourth-order valence-electron chi connectivity index (χ4n) is 3.25. The molecule has 7 nitrogen and oxygen atoms in total. The molecule has 0 radical (unpaired) electrons. The predicted octanol–water partition coefficient (Wildman–Crippen LogP) is 1.80. The number of fused-ring (bicyclic) bond motifs is 2. The lowest BCUT2D eigenvalue weighted by molar-refractivity contribution is -0.124.